The molecule has 0 aromatic carbocycles. The Morgan fingerprint density at radius 1 is 1.53 bits per heavy atom. The number of halogens is 2. The average Bonchev–Trinajstić information content (AvgIpc) is 2.12. The standard InChI is InChI=1S/C9H8Br2N2O2/c10-5-1-7(11)8(12-2-5)9(15)13-3-6(14)4-13/h1-2,6,14H,3-4H2. The van der Waals surface area contributed by atoms with Crippen molar-refractivity contribution in [2.24, 2.45) is 0 Å². The molecule has 6 heteroatoms. The molecular weight excluding hydrogens is 328 g/mol. The number of nitrogens with zero attached hydrogens (tertiary/aromatic N) is 2. The van der Waals surface area contributed by atoms with Gasteiger partial charge in [-0.3, -0.25) is 4.79 Å². The maximum Gasteiger partial charge on any atom is 0.273 e. The number of aliphatic hydroxyl groups is 1. The van der Waals surface area contributed by atoms with Crippen LogP contribution in [-0.4, -0.2) is 40.1 Å². The van der Waals surface area contributed by atoms with Crippen molar-refractivity contribution in [3.8, 4) is 0 Å². The summed E-state index contributed by atoms with van der Waals surface area (Å²) in [5.41, 5.74) is 0.380. The van der Waals surface area contributed by atoms with Crippen LogP contribution in [0.25, 0.3) is 0 Å². The first-order chi connectivity index (χ1) is 7.08. The third-order valence-corrected chi connectivity index (χ3v) is 3.20. The predicted octanol–water partition coefficient (Wildman–Crippen LogP) is 1.42. The summed E-state index contributed by atoms with van der Waals surface area (Å²) in [6, 6.07) is 1.77. The van der Waals surface area contributed by atoms with Gasteiger partial charge in [0.2, 0.25) is 0 Å². The van der Waals surface area contributed by atoms with Crippen LogP contribution in [-0.2, 0) is 0 Å². The third-order valence-electron chi connectivity index (χ3n) is 2.16. The molecule has 2 rings (SSSR count). The first-order valence-electron chi connectivity index (χ1n) is 4.36. The van der Waals surface area contributed by atoms with Crippen molar-refractivity contribution < 1.29 is 9.90 Å². The van der Waals surface area contributed by atoms with Gasteiger partial charge in [-0.25, -0.2) is 4.98 Å². The fraction of sp³-hybridized carbons (Fsp3) is 0.333. The van der Waals surface area contributed by atoms with Crippen molar-refractivity contribution in [2.45, 2.75) is 6.10 Å². The molecule has 1 fully saturated rings. The van der Waals surface area contributed by atoms with E-state index in [0.29, 0.717) is 23.3 Å². The van der Waals surface area contributed by atoms with Crippen LogP contribution < -0.4 is 0 Å². The molecular formula is C9H8Br2N2O2. The van der Waals surface area contributed by atoms with Gasteiger partial charge in [-0.15, -0.1) is 0 Å². The average molecular weight is 336 g/mol. The van der Waals surface area contributed by atoms with Crippen LogP contribution in [0.1, 0.15) is 10.5 Å². The minimum atomic E-state index is -0.386. The number of aliphatic hydroxyl groups excluding tert-OH is 1. The van der Waals surface area contributed by atoms with Crippen LogP contribution in [0.15, 0.2) is 21.2 Å². The number of hydrogen-bond acceptors (Lipinski definition) is 3. The van der Waals surface area contributed by atoms with E-state index in [4.69, 9.17) is 5.11 Å². The van der Waals surface area contributed by atoms with E-state index in [2.05, 4.69) is 36.8 Å². The van der Waals surface area contributed by atoms with Crippen LogP contribution in [0, 0.1) is 0 Å². The highest BCUT2D eigenvalue weighted by molar-refractivity contribution is 9.11. The second kappa shape index (κ2) is 4.19. The summed E-state index contributed by atoms with van der Waals surface area (Å²) in [5, 5.41) is 9.09. The van der Waals surface area contributed by atoms with Crippen molar-refractivity contribution >= 4 is 37.8 Å². The molecule has 0 unspecified atom stereocenters. The largest absolute Gasteiger partial charge is 0.389 e. The van der Waals surface area contributed by atoms with Crippen LogP contribution in [0.3, 0.4) is 0 Å². The minimum absolute atomic E-state index is 0.153. The maximum atomic E-state index is 11.8. The lowest BCUT2D eigenvalue weighted by molar-refractivity contribution is 0.00543. The lowest BCUT2D eigenvalue weighted by Gasteiger charge is -2.35. The van der Waals surface area contributed by atoms with Crippen molar-refractivity contribution in [2.75, 3.05) is 13.1 Å². The Labute approximate surface area is 104 Å². The van der Waals surface area contributed by atoms with Gasteiger partial charge < -0.3 is 10.0 Å². The highest BCUT2D eigenvalue weighted by Crippen LogP contribution is 2.22. The molecule has 1 saturated heterocycles. The molecule has 1 N–H and O–H groups in total. The topological polar surface area (TPSA) is 53.4 Å². The van der Waals surface area contributed by atoms with E-state index >= 15 is 0 Å². The fourth-order valence-corrected chi connectivity index (χ4v) is 2.50. The fourth-order valence-electron chi connectivity index (χ4n) is 1.34. The van der Waals surface area contributed by atoms with E-state index in [1.54, 1.807) is 17.2 Å². The van der Waals surface area contributed by atoms with Gasteiger partial charge in [-0.05, 0) is 37.9 Å². The molecule has 1 aromatic heterocycles. The van der Waals surface area contributed by atoms with E-state index in [1.165, 1.54) is 0 Å². The first kappa shape index (κ1) is 11.0. The van der Waals surface area contributed by atoms with Gasteiger partial charge in [0, 0.05) is 23.8 Å². The molecule has 4 nitrogen and oxygen atoms in total. The summed E-state index contributed by atoms with van der Waals surface area (Å²) in [6.07, 6.45) is 1.19. The molecule has 0 spiro atoms. The summed E-state index contributed by atoms with van der Waals surface area (Å²) in [7, 11) is 0. The van der Waals surface area contributed by atoms with Gasteiger partial charge in [-0.2, -0.15) is 0 Å². The number of hydrogen-bond donors (Lipinski definition) is 1. The Bertz CT molecular complexity index is 405. The minimum Gasteiger partial charge on any atom is -0.389 e. The third kappa shape index (κ3) is 2.21. The number of pyridine rings is 1. The molecule has 0 atom stereocenters. The van der Waals surface area contributed by atoms with Crippen molar-refractivity contribution in [1.82, 2.24) is 9.88 Å². The Balaban J connectivity index is 2.19. The zero-order valence-corrected chi connectivity index (χ0v) is 10.8. The van der Waals surface area contributed by atoms with Crippen LogP contribution in [0.5, 0.6) is 0 Å². The lowest BCUT2D eigenvalue weighted by atomic mass is 10.1. The first-order valence-corrected chi connectivity index (χ1v) is 5.95. The summed E-state index contributed by atoms with van der Waals surface area (Å²) >= 11 is 6.55. The maximum absolute atomic E-state index is 11.8. The number of aromatic nitrogens is 1. The summed E-state index contributed by atoms with van der Waals surface area (Å²) in [4.78, 5) is 17.4. The molecule has 0 aliphatic carbocycles. The number of carbonyl (C=O) groups is 1. The summed E-state index contributed by atoms with van der Waals surface area (Å²) in [5.74, 6) is -0.153. The molecule has 1 aliphatic heterocycles. The smallest absolute Gasteiger partial charge is 0.273 e. The molecule has 2 heterocycles. The second-order valence-corrected chi connectivity index (χ2v) is 5.12. The zero-order valence-electron chi connectivity index (χ0n) is 7.65. The molecule has 15 heavy (non-hydrogen) atoms. The highest BCUT2D eigenvalue weighted by atomic mass is 79.9. The molecule has 1 aliphatic rings. The summed E-state index contributed by atoms with van der Waals surface area (Å²) < 4.78 is 1.47. The van der Waals surface area contributed by atoms with Gasteiger partial charge in [0.15, 0.2) is 0 Å². The van der Waals surface area contributed by atoms with Crippen molar-refractivity contribution in [3.05, 3.63) is 26.9 Å². The summed E-state index contributed by atoms with van der Waals surface area (Å²) in [6.45, 7) is 0.784. The Morgan fingerprint density at radius 3 is 2.73 bits per heavy atom. The monoisotopic (exact) mass is 334 g/mol. The van der Waals surface area contributed by atoms with Crippen LogP contribution in [0.2, 0.25) is 0 Å². The molecule has 0 saturated carbocycles. The molecule has 80 valence electrons. The Morgan fingerprint density at radius 2 is 2.20 bits per heavy atom. The number of rotatable bonds is 1. The molecule has 1 aromatic rings. The van der Waals surface area contributed by atoms with Crippen LogP contribution in [0.4, 0.5) is 0 Å². The molecule has 0 radical (unpaired) electrons. The van der Waals surface area contributed by atoms with Gasteiger partial charge in [0.1, 0.15) is 5.69 Å². The number of β-amino-alcohol motifs (C(OH)–C–C–N with tert-alkyl or cyclic N) is 1. The van der Waals surface area contributed by atoms with Gasteiger partial charge in [0.25, 0.3) is 5.91 Å². The number of amides is 1. The Kier molecular flexibility index (Phi) is 3.08. The molecule has 1 amide bonds. The highest BCUT2D eigenvalue weighted by Gasteiger charge is 2.31. The van der Waals surface area contributed by atoms with E-state index in [9.17, 15) is 4.79 Å². The number of carbonyl (C=O) groups excluding carboxylic acids is 1. The predicted molar refractivity (Wildman–Crippen MR) is 61.5 cm³/mol. The second-order valence-electron chi connectivity index (χ2n) is 3.35. The van der Waals surface area contributed by atoms with E-state index in [1.807, 2.05) is 0 Å². The lowest BCUT2D eigenvalue weighted by Crippen LogP contribution is -2.53. The Hall–Kier alpha value is -0.460. The van der Waals surface area contributed by atoms with Gasteiger partial charge in [0.05, 0.1) is 10.6 Å². The van der Waals surface area contributed by atoms with E-state index in [-0.39, 0.29) is 12.0 Å². The normalized spacial score (nSPS) is 16.3. The van der Waals surface area contributed by atoms with Gasteiger partial charge >= 0.3 is 0 Å². The van der Waals surface area contributed by atoms with E-state index in [0.717, 1.165) is 4.47 Å². The quantitative estimate of drug-likeness (QED) is 0.844. The molecule has 0 bridgehead atoms. The van der Waals surface area contributed by atoms with E-state index < -0.39 is 0 Å². The van der Waals surface area contributed by atoms with Gasteiger partial charge in [-0.1, -0.05) is 0 Å². The van der Waals surface area contributed by atoms with Crippen LogP contribution >= 0.6 is 31.9 Å². The SMILES string of the molecule is O=C(c1ncc(Br)cc1Br)N1CC(O)C1. The van der Waals surface area contributed by atoms with Crippen molar-refractivity contribution in [1.29, 1.82) is 0 Å². The van der Waals surface area contributed by atoms with Crippen molar-refractivity contribution in [3.63, 3.8) is 0 Å². The zero-order chi connectivity index (χ0) is 11.0. The number of likely N-dealkylation sites (tertiary alicyclic amines) is 1.